The quantitative estimate of drug-likeness (QED) is 0.643. The molecule has 0 bridgehead atoms. The Morgan fingerprint density at radius 1 is 1.14 bits per heavy atom. The first-order chi connectivity index (χ1) is 10.3. The van der Waals surface area contributed by atoms with Crippen LogP contribution in [-0.2, 0) is 0 Å². The lowest BCUT2D eigenvalue weighted by molar-refractivity contribution is -0.123. The van der Waals surface area contributed by atoms with E-state index in [1.807, 2.05) is 0 Å². The lowest BCUT2D eigenvalue weighted by Crippen LogP contribution is -2.43. The molecule has 3 unspecified atom stereocenters. The summed E-state index contributed by atoms with van der Waals surface area (Å²) in [4.78, 5) is 11.6. The van der Waals surface area contributed by atoms with E-state index in [1.54, 1.807) is 18.2 Å². The number of alkyl halides is 6. The summed E-state index contributed by atoms with van der Waals surface area (Å²) in [5.41, 5.74) is 0.354. The average molecular weight is 344 g/mol. The molecular formula is C14H14F6OS. The van der Waals surface area contributed by atoms with Crippen molar-refractivity contribution in [2.75, 3.05) is 12.4 Å². The topological polar surface area (TPSA) is 17.1 Å². The van der Waals surface area contributed by atoms with Crippen LogP contribution in [0.25, 0.3) is 0 Å². The number of hydrogen-bond acceptors (Lipinski definition) is 2. The highest BCUT2D eigenvalue weighted by atomic mass is 32.2. The van der Waals surface area contributed by atoms with Crippen molar-refractivity contribution < 1.29 is 31.1 Å². The normalized spacial score (nSPS) is 16.1. The van der Waals surface area contributed by atoms with Gasteiger partial charge in [0.2, 0.25) is 5.12 Å². The zero-order valence-electron chi connectivity index (χ0n) is 11.3. The summed E-state index contributed by atoms with van der Waals surface area (Å²) >= 11 is 0.671. The van der Waals surface area contributed by atoms with Gasteiger partial charge in [-0.1, -0.05) is 42.1 Å². The Labute approximate surface area is 128 Å². The Bertz CT molecular complexity index is 470. The van der Waals surface area contributed by atoms with Gasteiger partial charge in [0.1, 0.15) is 6.17 Å². The largest absolute Gasteiger partial charge is 0.309 e. The molecule has 124 valence electrons. The summed E-state index contributed by atoms with van der Waals surface area (Å²) in [6.07, 6.45) is -9.86. The molecule has 1 aromatic carbocycles. The fraction of sp³-hybridized carbons (Fsp3) is 0.500. The summed E-state index contributed by atoms with van der Waals surface area (Å²) < 4.78 is 76.7. The van der Waals surface area contributed by atoms with Gasteiger partial charge >= 0.3 is 5.92 Å². The molecule has 1 aromatic rings. The molecule has 1 rings (SSSR count). The first-order valence-corrected chi connectivity index (χ1v) is 7.36. The first kappa shape index (κ1) is 18.9. The molecule has 0 aliphatic carbocycles. The van der Waals surface area contributed by atoms with Crippen LogP contribution in [0.3, 0.4) is 0 Å². The maximum absolute atomic E-state index is 13.4. The molecule has 0 aromatic heterocycles. The van der Waals surface area contributed by atoms with E-state index >= 15 is 0 Å². The van der Waals surface area contributed by atoms with E-state index in [9.17, 15) is 31.1 Å². The van der Waals surface area contributed by atoms with Gasteiger partial charge in [-0.05, 0) is 6.42 Å². The molecular weight excluding hydrogens is 330 g/mol. The van der Waals surface area contributed by atoms with Crippen molar-refractivity contribution >= 4 is 16.9 Å². The number of carbonyl (C=O) groups is 1. The van der Waals surface area contributed by atoms with Crippen molar-refractivity contribution in [2.24, 2.45) is 0 Å². The fourth-order valence-electron chi connectivity index (χ4n) is 1.57. The first-order valence-electron chi connectivity index (χ1n) is 6.37. The minimum Gasteiger partial charge on any atom is -0.282 e. The third kappa shape index (κ3) is 5.23. The molecule has 1 nitrogen and oxygen atoms in total. The van der Waals surface area contributed by atoms with E-state index < -0.39 is 42.6 Å². The van der Waals surface area contributed by atoms with E-state index in [4.69, 9.17) is 0 Å². The Morgan fingerprint density at radius 3 is 2.27 bits per heavy atom. The van der Waals surface area contributed by atoms with Gasteiger partial charge in [0, 0.05) is 11.3 Å². The Hall–Kier alpha value is -1.18. The molecule has 0 aliphatic rings. The second-order valence-corrected chi connectivity index (χ2v) is 5.62. The summed E-state index contributed by atoms with van der Waals surface area (Å²) in [6.45, 7) is -2.40. The molecule has 0 radical (unpaired) electrons. The van der Waals surface area contributed by atoms with E-state index in [-0.39, 0.29) is 5.75 Å². The van der Waals surface area contributed by atoms with Crippen molar-refractivity contribution in [3.05, 3.63) is 35.9 Å². The van der Waals surface area contributed by atoms with Crippen LogP contribution in [0, 0.1) is 0 Å². The number of thioether (sulfide) groups is 1. The van der Waals surface area contributed by atoms with E-state index in [2.05, 4.69) is 0 Å². The number of hydrogen-bond donors (Lipinski definition) is 0. The van der Waals surface area contributed by atoms with Gasteiger partial charge < -0.3 is 0 Å². The number of carbonyl (C=O) groups excluding carboxylic acids is 1. The molecule has 0 heterocycles. The maximum Gasteiger partial charge on any atom is 0.309 e. The van der Waals surface area contributed by atoms with Gasteiger partial charge in [-0.15, -0.1) is 0 Å². The lowest BCUT2D eigenvalue weighted by atomic mass is 10.1. The van der Waals surface area contributed by atoms with Gasteiger partial charge in [-0.25, -0.2) is 26.3 Å². The molecule has 0 aliphatic heterocycles. The van der Waals surface area contributed by atoms with Crippen molar-refractivity contribution in [1.29, 1.82) is 0 Å². The predicted molar refractivity (Wildman–Crippen MR) is 73.5 cm³/mol. The minimum atomic E-state index is -4.56. The van der Waals surface area contributed by atoms with Crippen LogP contribution in [0.5, 0.6) is 0 Å². The third-order valence-electron chi connectivity index (χ3n) is 2.84. The van der Waals surface area contributed by atoms with Gasteiger partial charge in [0.05, 0.1) is 0 Å². The van der Waals surface area contributed by atoms with Crippen LogP contribution in [0.4, 0.5) is 26.3 Å². The fourth-order valence-corrected chi connectivity index (χ4v) is 2.40. The van der Waals surface area contributed by atoms with Crippen LogP contribution in [0.15, 0.2) is 30.3 Å². The van der Waals surface area contributed by atoms with Crippen LogP contribution in [0.2, 0.25) is 0 Å². The zero-order valence-corrected chi connectivity index (χ0v) is 12.1. The van der Waals surface area contributed by atoms with Crippen molar-refractivity contribution in [3.8, 4) is 0 Å². The van der Waals surface area contributed by atoms with E-state index in [1.165, 1.54) is 12.1 Å². The number of rotatable bonds is 8. The van der Waals surface area contributed by atoms with Gasteiger partial charge in [0.15, 0.2) is 19.0 Å². The van der Waals surface area contributed by atoms with Crippen LogP contribution in [-0.4, -0.2) is 42.0 Å². The second-order valence-electron chi connectivity index (χ2n) is 4.55. The Balaban J connectivity index is 2.43. The highest BCUT2D eigenvalue weighted by Crippen LogP contribution is 2.30. The Kier molecular flexibility index (Phi) is 7.25. The minimum absolute atomic E-state index is 0.205. The van der Waals surface area contributed by atoms with Gasteiger partial charge in [0.25, 0.3) is 0 Å². The maximum atomic E-state index is 13.4. The molecule has 0 N–H and O–H groups in total. The zero-order chi connectivity index (χ0) is 16.8. The van der Waals surface area contributed by atoms with Crippen LogP contribution >= 0.6 is 11.8 Å². The Morgan fingerprint density at radius 2 is 1.73 bits per heavy atom. The van der Waals surface area contributed by atoms with Gasteiger partial charge in [-0.2, -0.15) is 0 Å². The molecule has 0 saturated heterocycles. The van der Waals surface area contributed by atoms with Crippen molar-refractivity contribution in [3.63, 3.8) is 0 Å². The van der Waals surface area contributed by atoms with E-state index in [0.29, 0.717) is 17.3 Å². The van der Waals surface area contributed by atoms with Gasteiger partial charge in [-0.3, -0.25) is 4.79 Å². The molecule has 22 heavy (non-hydrogen) atoms. The summed E-state index contributed by atoms with van der Waals surface area (Å²) in [5, 5.41) is -0.394. The van der Waals surface area contributed by atoms with Crippen molar-refractivity contribution in [1.82, 2.24) is 0 Å². The summed E-state index contributed by atoms with van der Waals surface area (Å²) in [5.74, 6) is -4.76. The SMILES string of the molecule is O=C(SCCC(F)C(F)C(F)C(F)(F)CF)c1ccccc1. The molecule has 0 fully saturated rings. The number of benzene rings is 1. The number of halogens is 6. The highest BCUT2D eigenvalue weighted by molar-refractivity contribution is 8.14. The molecule has 8 heteroatoms. The highest BCUT2D eigenvalue weighted by Gasteiger charge is 2.48. The third-order valence-corrected chi connectivity index (χ3v) is 3.78. The van der Waals surface area contributed by atoms with Crippen molar-refractivity contribution in [2.45, 2.75) is 30.9 Å². The van der Waals surface area contributed by atoms with E-state index in [0.717, 1.165) is 0 Å². The predicted octanol–water partition coefficient (Wildman–Crippen LogP) is 4.57. The monoisotopic (exact) mass is 344 g/mol. The van der Waals surface area contributed by atoms with Crippen LogP contribution < -0.4 is 0 Å². The average Bonchev–Trinajstić information content (AvgIpc) is 2.53. The summed E-state index contributed by atoms with van der Waals surface area (Å²) in [6, 6.07) is 7.99. The lowest BCUT2D eigenvalue weighted by Gasteiger charge is -2.22. The van der Waals surface area contributed by atoms with Crippen LogP contribution in [0.1, 0.15) is 16.8 Å². The molecule has 0 amide bonds. The molecule has 0 spiro atoms. The summed E-state index contributed by atoms with van der Waals surface area (Å²) in [7, 11) is 0. The second kappa shape index (κ2) is 8.45. The standard InChI is InChI=1S/C14H14F6OS/c15-8-14(19,20)12(18)11(17)10(16)6-7-22-13(21)9-4-2-1-3-5-9/h1-5,10-12H,6-8H2. The smallest absolute Gasteiger partial charge is 0.282 e. The molecule has 3 atom stereocenters. The molecule has 0 saturated carbocycles.